The van der Waals surface area contributed by atoms with E-state index < -0.39 is 12.1 Å². The first-order valence-corrected chi connectivity index (χ1v) is 4.59. The van der Waals surface area contributed by atoms with E-state index in [4.69, 9.17) is 5.11 Å². The molecule has 0 aromatic heterocycles. The summed E-state index contributed by atoms with van der Waals surface area (Å²) >= 11 is 0. The zero-order valence-electron chi connectivity index (χ0n) is 9.94. The molecule has 0 fully saturated rings. The van der Waals surface area contributed by atoms with Crippen molar-refractivity contribution in [1.29, 1.82) is 0 Å². The molecule has 5 heteroatoms. The molecule has 0 spiro atoms. The molecule has 0 amide bonds. The maximum absolute atomic E-state index is 10.8. The van der Waals surface area contributed by atoms with E-state index in [9.17, 15) is 9.90 Å². The van der Waals surface area contributed by atoms with Crippen LogP contribution in [0.15, 0.2) is 11.3 Å². The van der Waals surface area contributed by atoms with Crippen molar-refractivity contribution >= 4 is 18.4 Å². The Balaban J connectivity index is 0. The zero-order chi connectivity index (χ0) is 11.5. The van der Waals surface area contributed by atoms with Gasteiger partial charge in [-0.25, -0.2) is 4.79 Å². The molecule has 0 heterocycles. The quantitative estimate of drug-likeness (QED) is 0.573. The van der Waals surface area contributed by atoms with Crippen molar-refractivity contribution in [3.05, 3.63) is 11.3 Å². The number of carboxylic acids is 1. The Kier molecular flexibility index (Phi) is 6.85. The molecule has 2 N–H and O–H groups in total. The highest BCUT2D eigenvalue weighted by molar-refractivity contribution is 5.86. The van der Waals surface area contributed by atoms with E-state index in [0.717, 1.165) is 5.70 Å². The van der Waals surface area contributed by atoms with E-state index in [-0.39, 0.29) is 12.4 Å². The summed E-state index contributed by atoms with van der Waals surface area (Å²) in [5, 5.41) is 18.2. The van der Waals surface area contributed by atoms with E-state index in [1.807, 2.05) is 21.1 Å². The summed E-state index contributed by atoms with van der Waals surface area (Å²) in [5.74, 6) is -0.922. The third kappa shape index (κ3) is 5.77. The lowest BCUT2D eigenvalue weighted by molar-refractivity contribution is -0.833. The molecule has 0 bridgehead atoms. The molecule has 0 saturated carbocycles. The number of hydrogen-bond donors (Lipinski definition) is 2. The minimum absolute atomic E-state index is 0. The number of aliphatic carboxylic acids is 1. The highest BCUT2D eigenvalue weighted by Crippen LogP contribution is 2.19. The average molecular weight is 239 g/mol. The van der Waals surface area contributed by atoms with Crippen LogP contribution in [0, 0.1) is 0 Å². The van der Waals surface area contributed by atoms with Crippen LogP contribution in [0.4, 0.5) is 0 Å². The van der Waals surface area contributed by atoms with Gasteiger partial charge in [-0.3, -0.25) is 0 Å². The zero-order valence-corrected chi connectivity index (χ0v) is 10.8. The number of rotatable bonds is 4. The van der Waals surface area contributed by atoms with Crippen molar-refractivity contribution in [2.45, 2.75) is 26.4 Å². The molecule has 1 unspecified atom stereocenters. The predicted molar refractivity (Wildman–Crippen MR) is 61.9 cm³/mol. The van der Waals surface area contributed by atoms with Crippen molar-refractivity contribution in [3.63, 3.8) is 0 Å². The second kappa shape index (κ2) is 6.10. The normalized spacial score (nSPS) is 15.1. The minimum Gasteiger partial charge on any atom is -0.478 e. The van der Waals surface area contributed by atoms with E-state index in [2.05, 4.69) is 0 Å². The first-order valence-electron chi connectivity index (χ1n) is 4.59. The van der Waals surface area contributed by atoms with Crippen molar-refractivity contribution in [2.75, 3.05) is 21.1 Å². The molecule has 15 heavy (non-hydrogen) atoms. The molecule has 0 aliphatic heterocycles. The molecule has 4 nitrogen and oxygen atoms in total. The summed E-state index contributed by atoms with van der Waals surface area (Å²) in [6, 6.07) is 0. The van der Waals surface area contributed by atoms with Gasteiger partial charge < -0.3 is 14.7 Å². The van der Waals surface area contributed by atoms with Crippen molar-refractivity contribution in [3.8, 4) is 0 Å². The summed E-state index contributed by atoms with van der Waals surface area (Å²) < 4.78 is 0.434. The molecule has 1 atom stereocenters. The summed E-state index contributed by atoms with van der Waals surface area (Å²) in [4.78, 5) is 10.8. The van der Waals surface area contributed by atoms with Gasteiger partial charge >= 0.3 is 5.97 Å². The lowest BCUT2D eigenvalue weighted by atomic mass is 10.1. The second-order valence-electron chi connectivity index (χ2n) is 4.44. The van der Waals surface area contributed by atoms with Gasteiger partial charge in [0, 0.05) is 6.42 Å². The first-order chi connectivity index (χ1) is 6.16. The number of hydrogen-bond acceptors (Lipinski definition) is 2. The Bertz CT molecular complexity index is 254. The largest absolute Gasteiger partial charge is 0.478 e. The lowest BCUT2D eigenvalue weighted by Gasteiger charge is -2.28. The van der Waals surface area contributed by atoms with Crippen molar-refractivity contribution < 1.29 is 19.5 Å². The van der Waals surface area contributed by atoms with Crippen molar-refractivity contribution in [2.24, 2.45) is 0 Å². The van der Waals surface area contributed by atoms with Gasteiger partial charge in [-0.05, 0) is 13.8 Å². The molecule has 0 aliphatic rings. The molecular formula is C10H21ClNO3+. The monoisotopic (exact) mass is 238 g/mol. The Morgan fingerprint density at radius 1 is 1.33 bits per heavy atom. The van der Waals surface area contributed by atoms with Gasteiger partial charge in [0.05, 0.1) is 32.8 Å². The Morgan fingerprint density at radius 2 is 1.73 bits per heavy atom. The van der Waals surface area contributed by atoms with Gasteiger partial charge in [0.25, 0.3) is 0 Å². The molecule has 90 valence electrons. The van der Waals surface area contributed by atoms with Crippen LogP contribution in [0.5, 0.6) is 0 Å². The molecule has 0 radical (unpaired) electrons. The topological polar surface area (TPSA) is 57.5 Å². The predicted octanol–water partition coefficient (Wildman–Crippen LogP) is 1.24. The molecule has 0 aromatic rings. The molecular weight excluding hydrogens is 218 g/mol. The number of halogens is 1. The van der Waals surface area contributed by atoms with Gasteiger partial charge in [-0.15, -0.1) is 12.4 Å². The van der Waals surface area contributed by atoms with Crippen LogP contribution in [0.25, 0.3) is 0 Å². The smallest absolute Gasteiger partial charge is 0.336 e. The minimum atomic E-state index is -0.922. The summed E-state index contributed by atoms with van der Waals surface area (Å²) in [5.41, 5.74) is 1.06. The van der Waals surface area contributed by atoms with Crippen LogP contribution < -0.4 is 0 Å². The average Bonchev–Trinajstić information content (AvgIpc) is 1.96. The van der Waals surface area contributed by atoms with Crippen LogP contribution in [0.1, 0.15) is 20.3 Å². The van der Waals surface area contributed by atoms with E-state index >= 15 is 0 Å². The standard InChI is InChI=1S/C10H19NO3.ClH/c1-7(12)6-9(11(3,4)5)8(2)10(13)14;/h7,12H,6H2,1-5H3;1H/p+1. The molecule has 0 aliphatic carbocycles. The second-order valence-corrected chi connectivity index (χ2v) is 4.44. The molecule has 0 aromatic carbocycles. The molecule has 0 saturated heterocycles. The fourth-order valence-corrected chi connectivity index (χ4v) is 1.33. The number of quaternary nitrogens is 1. The third-order valence-corrected chi connectivity index (χ3v) is 2.05. The van der Waals surface area contributed by atoms with Crippen LogP contribution >= 0.6 is 12.4 Å². The highest BCUT2D eigenvalue weighted by atomic mass is 35.5. The van der Waals surface area contributed by atoms with Crippen LogP contribution in [0.2, 0.25) is 0 Å². The van der Waals surface area contributed by atoms with E-state index in [1.54, 1.807) is 13.8 Å². The molecule has 0 rings (SSSR count). The fourth-order valence-electron chi connectivity index (χ4n) is 1.33. The number of carbonyl (C=O) groups is 1. The third-order valence-electron chi connectivity index (χ3n) is 2.05. The Hall–Kier alpha value is -0.580. The number of aliphatic hydroxyl groups excluding tert-OH is 1. The van der Waals surface area contributed by atoms with Gasteiger partial charge in [0.1, 0.15) is 5.70 Å². The van der Waals surface area contributed by atoms with E-state index in [0.29, 0.717) is 16.5 Å². The summed E-state index contributed by atoms with van der Waals surface area (Å²) in [6.45, 7) is 3.23. The van der Waals surface area contributed by atoms with Gasteiger partial charge in [0.2, 0.25) is 0 Å². The highest BCUT2D eigenvalue weighted by Gasteiger charge is 2.24. The summed E-state index contributed by atoms with van der Waals surface area (Å²) in [6.07, 6.45) is -0.126. The lowest BCUT2D eigenvalue weighted by Crippen LogP contribution is -2.36. The van der Waals surface area contributed by atoms with Gasteiger partial charge in [-0.1, -0.05) is 0 Å². The Morgan fingerprint density at radius 3 is 1.93 bits per heavy atom. The first kappa shape index (κ1) is 16.8. The fraction of sp³-hybridized carbons (Fsp3) is 0.700. The van der Waals surface area contributed by atoms with E-state index in [1.165, 1.54) is 0 Å². The maximum atomic E-state index is 10.8. The van der Waals surface area contributed by atoms with Gasteiger partial charge in [0.15, 0.2) is 0 Å². The summed E-state index contributed by atoms with van der Waals surface area (Å²) in [7, 11) is 5.68. The number of nitrogens with zero attached hydrogens (tertiary/aromatic N) is 1. The number of aliphatic hydroxyl groups is 1. The van der Waals surface area contributed by atoms with Crippen LogP contribution in [-0.4, -0.2) is 47.9 Å². The number of carboxylic acid groups (broad SMARTS) is 1. The van der Waals surface area contributed by atoms with Gasteiger partial charge in [-0.2, -0.15) is 0 Å². The Labute approximate surface area is 97.2 Å². The van der Waals surface area contributed by atoms with Crippen LogP contribution in [-0.2, 0) is 4.79 Å². The SMILES string of the molecule is CC(C(=O)O)=C(CC(C)O)[N+](C)(C)C.Cl. The van der Waals surface area contributed by atoms with Crippen LogP contribution in [0.3, 0.4) is 0 Å². The van der Waals surface area contributed by atoms with Crippen molar-refractivity contribution in [1.82, 2.24) is 0 Å². The maximum Gasteiger partial charge on any atom is 0.336 e.